The van der Waals surface area contributed by atoms with Crippen LogP contribution in [-0.2, 0) is 19.9 Å². The number of aryl methyl sites for hydroxylation is 1. The Bertz CT molecular complexity index is 1590. The molecule has 0 aliphatic rings. The second kappa shape index (κ2) is 8.64. The summed E-state index contributed by atoms with van der Waals surface area (Å²) in [6, 6.07) is 20.4. The van der Waals surface area contributed by atoms with Crippen molar-refractivity contribution in [1.29, 1.82) is 0 Å². The lowest BCUT2D eigenvalue weighted by Gasteiger charge is -2.12. The highest BCUT2D eigenvalue weighted by Gasteiger charge is 2.33. The fraction of sp³-hybridized carbons (Fsp3) is 0.0833. The van der Waals surface area contributed by atoms with Crippen LogP contribution in [0.3, 0.4) is 0 Å². The molecule has 0 saturated heterocycles. The van der Waals surface area contributed by atoms with Crippen LogP contribution in [0.15, 0.2) is 93.5 Å². The maximum absolute atomic E-state index is 13.7. The van der Waals surface area contributed by atoms with E-state index >= 15 is 0 Å². The number of benzene rings is 3. The molecule has 2 N–H and O–H groups in total. The number of carbonyl (C=O) groups excluding carboxylic acids is 1. The molecule has 1 aromatic heterocycles. The highest BCUT2D eigenvalue weighted by Crippen LogP contribution is 2.36. The first-order valence-corrected chi connectivity index (χ1v) is 13.2. The van der Waals surface area contributed by atoms with Gasteiger partial charge in [0.15, 0.2) is 5.78 Å². The summed E-state index contributed by atoms with van der Waals surface area (Å²) in [5.41, 5.74) is 1.83. The molecule has 1 heterocycles. The van der Waals surface area contributed by atoms with Crippen molar-refractivity contribution in [2.75, 3.05) is 0 Å². The van der Waals surface area contributed by atoms with Gasteiger partial charge in [-0.1, -0.05) is 48.0 Å². The van der Waals surface area contributed by atoms with Crippen LogP contribution in [0.5, 0.6) is 0 Å². The van der Waals surface area contributed by atoms with E-state index in [0.29, 0.717) is 11.3 Å². The van der Waals surface area contributed by atoms with Crippen LogP contribution >= 0.6 is 0 Å². The minimum absolute atomic E-state index is 0.0231. The van der Waals surface area contributed by atoms with Gasteiger partial charge in [-0.2, -0.15) is 5.10 Å². The lowest BCUT2D eigenvalue weighted by Crippen LogP contribution is -2.12. The highest BCUT2D eigenvalue weighted by molar-refractivity contribution is 7.91. The topological polar surface area (TPSA) is 129 Å². The molecular weight excluding hydrogens is 474 g/mol. The Kier molecular flexibility index (Phi) is 5.98. The largest absolute Gasteiger partial charge is 0.293 e. The summed E-state index contributed by atoms with van der Waals surface area (Å²) < 4.78 is 52.2. The summed E-state index contributed by atoms with van der Waals surface area (Å²) in [6.45, 7) is 3.15. The van der Waals surface area contributed by atoms with E-state index in [1.165, 1.54) is 48.0 Å². The second-order valence-corrected chi connectivity index (χ2v) is 11.2. The first kappa shape index (κ1) is 23.6. The number of sulfonamides is 1. The lowest BCUT2D eigenvalue weighted by molar-refractivity contribution is 0.100. The van der Waals surface area contributed by atoms with Crippen molar-refractivity contribution in [3.05, 3.63) is 90.1 Å². The zero-order valence-corrected chi connectivity index (χ0v) is 20.0. The maximum atomic E-state index is 13.7. The molecule has 0 aliphatic heterocycles. The fourth-order valence-corrected chi connectivity index (χ4v) is 5.70. The van der Waals surface area contributed by atoms with Gasteiger partial charge in [-0.05, 0) is 43.3 Å². The monoisotopic (exact) mass is 495 g/mol. The summed E-state index contributed by atoms with van der Waals surface area (Å²) in [5, 5.41) is 9.57. The summed E-state index contributed by atoms with van der Waals surface area (Å²) in [6.07, 6.45) is 0. The molecular formula is C24H21N3O5S2. The summed E-state index contributed by atoms with van der Waals surface area (Å²) in [7, 11) is -8.07. The van der Waals surface area contributed by atoms with E-state index in [-0.39, 0.29) is 26.1 Å². The molecule has 0 saturated carbocycles. The van der Waals surface area contributed by atoms with E-state index < -0.39 is 25.6 Å². The van der Waals surface area contributed by atoms with Crippen LogP contribution in [-0.4, -0.2) is 32.4 Å². The van der Waals surface area contributed by atoms with Crippen molar-refractivity contribution in [2.45, 2.75) is 28.5 Å². The van der Waals surface area contributed by atoms with E-state index in [4.69, 9.17) is 5.14 Å². The van der Waals surface area contributed by atoms with Crippen molar-refractivity contribution in [3.63, 3.8) is 0 Å². The SMILES string of the molecule is CC(=O)c1nn(-c2ccc(S(N)(=O)=O)cc2)c(-c2ccc(C)cc2)c1S(=O)(=O)c1ccccc1. The van der Waals surface area contributed by atoms with Crippen LogP contribution in [0, 0.1) is 6.92 Å². The van der Waals surface area contributed by atoms with Gasteiger partial charge < -0.3 is 0 Å². The van der Waals surface area contributed by atoms with Crippen LogP contribution in [0.25, 0.3) is 16.9 Å². The molecule has 34 heavy (non-hydrogen) atoms. The van der Waals surface area contributed by atoms with Gasteiger partial charge in [0, 0.05) is 12.5 Å². The average Bonchev–Trinajstić information content (AvgIpc) is 3.22. The molecule has 0 amide bonds. The second-order valence-electron chi connectivity index (χ2n) is 7.72. The minimum Gasteiger partial charge on any atom is -0.293 e. The molecule has 0 bridgehead atoms. The number of primary sulfonamides is 1. The van der Waals surface area contributed by atoms with Gasteiger partial charge in [0.25, 0.3) is 0 Å². The molecule has 0 unspecified atom stereocenters. The van der Waals surface area contributed by atoms with Crippen molar-refractivity contribution in [3.8, 4) is 16.9 Å². The fourth-order valence-electron chi connectivity index (χ4n) is 3.53. The number of hydrogen-bond acceptors (Lipinski definition) is 6. The van der Waals surface area contributed by atoms with Crippen molar-refractivity contribution in [2.24, 2.45) is 5.14 Å². The Morgan fingerprint density at radius 3 is 1.94 bits per heavy atom. The normalized spacial score (nSPS) is 12.0. The maximum Gasteiger partial charge on any atom is 0.238 e. The quantitative estimate of drug-likeness (QED) is 0.407. The summed E-state index contributed by atoms with van der Waals surface area (Å²) in [5.74, 6) is -0.525. The zero-order chi connectivity index (χ0) is 24.7. The van der Waals surface area contributed by atoms with Crippen LogP contribution < -0.4 is 5.14 Å². The molecule has 8 nitrogen and oxygen atoms in total. The van der Waals surface area contributed by atoms with Crippen molar-refractivity contribution < 1.29 is 21.6 Å². The standard InChI is InChI=1S/C24H21N3O5S2/c1-16-8-10-18(11-9-16)23-24(33(29,30)20-6-4-3-5-7-20)22(17(2)28)26-27(23)19-12-14-21(15-13-19)34(25,31)32/h3-15H,1-2H3,(H2,25,31,32). The van der Waals surface area contributed by atoms with Crippen LogP contribution in [0.1, 0.15) is 23.0 Å². The number of carbonyl (C=O) groups is 1. The zero-order valence-electron chi connectivity index (χ0n) is 18.3. The predicted molar refractivity (Wildman–Crippen MR) is 127 cm³/mol. The molecule has 0 aliphatic carbocycles. The Labute approximate surface area is 197 Å². The van der Waals surface area contributed by atoms with E-state index in [1.807, 2.05) is 19.1 Å². The Balaban J connectivity index is 2.08. The Hall–Kier alpha value is -3.60. The highest BCUT2D eigenvalue weighted by atomic mass is 32.2. The van der Waals surface area contributed by atoms with Crippen LogP contribution in [0.4, 0.5) is 0 Å². The molecule has 4 rings (SSSR count). The van der Waals surface area contributed by atoms with E-state index in [0.717, 1.165) is 5.56 Å². The number of aromatic nitrogens is 2. The van der Waals surface area contributed by atoms with Gasteiger partial charge in [-0.25, -0.2) is 26.7 Å². The summed E-state index contributed by atoms with van der Waals surface area (Å²) >= 11 is 0. The third-order valence-electron chi connectivity index (χ3n) is 5.23. The van der Waals surface area contributed by atoms with Crippen LogP contribution in [0.2, 0.25) is 0 Å². The first-order valence-electron chi connectivity index (χ1n) is 10.1. The van der Waals surface area contributed by atoms with Gasteiger partial charge in [0.05, 0.1) is 21.2 Å². The molecule has 0 atom stereocenters. The van der Waals surface area contributed by atoms with E-state index in [2.05, 4.69) is 5.10 Å². The number of nitrogens with zero attached hydrogens (tertiary/aromatic N) is 2. The number of nitrogens with two attached hydrogens (primary N) is 1. The Morgan fingerprint density at radius 1 is 0.824 bits per heavy atom. The van der Waals surface area contributed by atoms with E-state index in [9.17, 15) is 21.6 Å². The van der Waals surface area contributed by atoms with Gasteiger partial charge >= 0.3 is 0 Å². The van der Waals surface area contributed by atoms with E-state index in [1.54, 1.807) is 30.3 Å². The van der Waals surface area contributed by atoms with Gasteiger partial charge in [-0.15, -0.1) is 0 Å². The van der Waals surface area contributed by atoms with Gasteiger partial charge in [0.2, 0.25) is 19.9 Å². The van der Waals surface area contributed by atoms with Gasteiger partial charge in [-0.3, -0.25) is 4.79 Å². The van der Waals surface area contributed by atoms with Gasteiger partial charge in [0.1, 0.15) is 10.6 Å². The average molecular weight is 496 g/mol. The molecule has 3 aromatic carbocycles. The van der Waals surface area contributed by atoms with Crippen molar-refractivity contribution >= 4 is 25.6 Å². The number of Topliss-reactive ketones (excluding diaryl/α,β-unsaturated/α-hetero) is 1. The number of sulfone groups is 1. The Morgan fingerprint density at radius 2 is 1.41 bits per heavy atom. The molecule has 0 fully saturated rings. The molecule has 4 aromatic rings. The molecule has 0 radical (unpaired) electrons. The number of ketones is 1. The van der Waals surface area contributed by atoms with Crippen molar-refractivity contribution in [1.82, 2.24) is 9.78 Å². The smallest absolute Gasteiger partial charge is 0.238 e. The molecule has 0 spiro atoms. The number of hydrogen-bond donors (Lipinski definition) is 1. The predicted octanol–water partition coefficient (Wildman–Crippen LogP) is 3.53. The first-order chi connectivity index (χ1) is 16.0. The molecule has 10 heteroatoms. The molecule has 174 valence electrons. The minimum atomic E-state index is -4.14. The number of rotatable bonds is 6. The lowest BCUT2D eigenvalue weighted by atomic mass is 10.1. The third kappa shape index (κ3) is 4.30. The third-order valence-corrected chi connectivity index (χ3v) is 7.98. The summed E-state index contributed by atoms with van der Waals surface area (Å²) in [4.78, 5) is 12.3.